The van der Waals surface area contributed by atoms with Crippen molar-refractivity contribution in [3.63, 3.8) is 0 Å². The van der Waals surface area contributed by atoms with Crippen LogP contribution in [0.1, 0.15) is 56.9 Å². The Kier molecular flexibility index (Phi) is 10.6. The number of nitrogens with one attached hydrogen (secondary N) is 1. The first-order valence-corrected chi connectivity index (χ1v) is 11.0. The molecule has 1 N–H and O–H groups in total. The molecular weight excluding hydrogens is 475 g/mol. The molecule has 2 fully saturated rings. The smallest absolute Gasteiger partial charge is 0.193 e. The maximum Gasteiger partial charge on any atom is 0.193 e. The van der Waals surface area contributed by atoms with Gasteiger partial charge in [-0.25, -0.2) is 0 Å². The highest BCUT2D eigenvalue weighted by Crippen LogP contribution is 2.28. The highest BCUT2D eigenvalue weighted by molar-refractivity contribution is 14.0. The number of likely N-dealkylation sites (tertiary alicyclic amines) is 2. The molecule has 2 heterocycles. The zero-order chi connectivity index (χ0) is 19.8. The van der Waals surface area contributed by atoms with E-state index >= 15 is 0 Å². The minimum atomic E-state index is 0. The third-order valence-corrected chi connectivity index (χ3v) is 6.38. The number of hydrogen-bond acceptors (Lipinski definition) is 3. The molecule has 2 saturated heterocycles. The number of guanidine groups is 1. The van der Waals surface area contributed by atoms with Crippen molar-refractivity contribution in [1.82, 2.24) is 15.1 Å². The number of halogens is 1. The van der Waals surface area contributed by atoms with Crippen LogP contribution < -0.4 is 10.1 Å². The number of hydrogen-bond donors (Lipinski definition) is 1. The Hall–Kier alpha value is -1.02. The van der Waals surface area contributed by atoms with Crippen molar-refractivity contribution in [2.75, 3.05) is 46.9 Å². The van der Waals surface area contributed by atoms with Gasteiger partial charge in [0.2, 0.25) is 0 Å². The van der Waals surface area contributed by atoms with Gasteiger partial charge in [-0.1, -0.05) is 18.6 Å². The summed E-state index contributed by atoms with van der Waals surface area (Å²) in [4.78, 5) is 9.60. The van der Waals surface area contributed by atoms with E-state index in [0.717, 1.165) is 37.4 Å². The number of piperidine rings is 1. The van der Waals surface area contributed by atoms with Crippen molar-refractivity contribution in [3.05, 3.63) is 29.8 Å². The molecule has 0 bridgehead atoms. The van der Waals surface area contributed by atoms with E-state index in [4.69, 9.17) is 4.74 Å². The van der Waals surface area contributed by atoms with E-state index in [1.165, 1.54) is 57.2 Å². The van der Waals surface area contributed by atoms with Crippen LogP contribution in [0.25, 0.3) is 0 Å². The van der Waals surface area contributed by atoms with Crippen LogP contribution in [0.3, 0.4) is 0 Å². The molecule has 0 radical (unpaired) electrons. The van der Waals surface area contributed by atoms with Crippen molar-refractivity contribution in [2.24, 2.45) is 4.99 Å². The topological polar surface area (TPSA) is 40.1 Å². The molecule has 0 saturated carbocycles. The molecule has 0 amide bonds. The molecule has 3 rings (SSSR count). The maximum atomic E-state index is 5.27. The Morgan fingerprint density at radius 1 is 1.14 bits per heavy atom. The van der Waals surface area contributed by atoms with Crippen LogP contribution in [0, 0.1) is 0 Å². The molecule has 0 spiro atoms. The highest BCUT2D eigenvalue weighted by atomic mass is 127. The van der Waals surface area contributed by atoms with Crippen LogP contribution in [0.4, 0.5) is 0 Å². The van der Waals surface area contributed by atoms with Gasteiger partial charge in [0.05, 0.1) is 7.11 Å². The van der Waals surface area contributed by atoms with Gasteiger partial charge in [0, 0.05) is 38.6 Å². The number of ether oxygens (including phenoxy) is 1. The SMILES string of the molecule is CN=C(NCCCCN1CCCCC1C)N1CCC(c2ccc(OC)cc2)C1.I. The largest absolute Gasteiger partial charge is 0.497 e. The Morgan fingerprint density at radius 2 is 1.93 bits per heavy atom. The first kappa shape index (κ1) is 24.3. The van der Waals surface area contributed by atoms with Gasteiger partial charge in [0.15, 0.2) is 5.96 Å². The third-order valence-electron chi connectivity index (χ3n) is 6.38. The van der Waals surface area contributed by atoms with Crippen molar-refractivity contribution < 1.29 is 4.74 Å². The molecule has 2 unspecified atom stereocenters. The van der Waals surface area contributed by atoms with E-state index in [2.05, 4.69) is 51.3 Å². The summed E-state index contributed by atoms with van der Waals surface area (Å²) < 4.78 is 5.27. The second-order valence-corrected chi connectivity index (χ2v) is 8.27. The van der Waals surface area contributed by atoms with Crippen LogP contribution in [0.5, 0.6) is 5.75 Å². The molecule has 1 aromatic carbocycles. The van der Waals surface area contributed by atoms with Gasteiger partial charge in [-0.2, -0.15) is 0 Å². The molecule has 2 aliphatic heterocycles. The summed E-state index contributed by atoms with van der Waals surface area (Å²) in [5, 5.41) is 3.59. The molecule has 1 aromatic rings. The Morgan fingerprint density at radius 3 is 2.62 bits per heavy atom. The normalized spacial score (nSPS) is 23.0. The lowest BCUT2D eigenvalue weighted by Gasteiger charge is -2.33. The predicted octanol–water partition coefficient (Wildman–Crippen LogP) is 4.33. The fraction of sp³-hybridized carbons (Fsp3) is 0.696. The quantitative estimate of drug-likeness (QED) is 0.255. The average molecular weight is 514 g/mol. The summed E-state index contributed by atoms with van der Waals surface area (Å²) >= 11 is 0. The van der Waals surface area contributed by atoms with E-state index in [-0.39, 0.29) is 24.0 Å². The number of aliphatic imine (C=N–C) groups is 1. The first-order chi connectivity index (χ1) is 13.7. The van der Waals surface area contributed by atoms with Crippen LogP contribution in [0.15, 0.2) is 29.3 Å². The highest BCUT2D eigenvalue weighted by Gasteiger charge is 2.26. The number of nitrogens with zero attached hydrogens (tertiary/aromatic N) is 3. The van der Waals surface area contributed by atoms with E-state index in [1.54, 1.807) is 7.11 Å². The number of methoxy groups -OCH3 is 1. The fourth-order valence-corrected chi connectivity index (χ4v) is 4.56. The molecular formula is C23H39IN4O. The zero-order valence-corrected chi connectivity index (χ0v) is 20.7. The summed E-state index contributed by atoms with van der Waals surface area (Å²) in [5.41, 5.74) is 1.40. The average Bonchev–Trinajstić information content (AvgIpc) is 3.22. The Balaban J connectivity index is 0.00000300. The van der Waals surface area contributed by atoms with Gasteiger partial charge in [0.1, 0.15) is 5.75 Å². The van der Waals surface area contributed by atoms with Crippen LogP contribution in [-0.4, -0.2) is 68.7 Å². The second-order valence-electron chi connectivity index (χ2n) is 8.27. The van der Waals surface area contributed by atoms with Crippen molar-refractivity contribution in [3.8, 4) is 5.75 Å². The first-order valence-electron chi connectivity index (χ1n) is 11.0. The van der Waals surface area contributed by atoms with Gasteiger partial charge >= 0.3 is 0 Å². The summed E-state index contributed by atoms with van der Waals surface area (Å²) in [6.45, 7) is 8.03. The van der Waals surface area contributed by atoms with Crippen molar-refractivity contribution in [2.45, 2.75) is 57.4 Å². The van der Waals surface area contributed by atoms with Gasteiger partial charge in [-0.3, -0.25) is 4.99 Å². The Labute approximate surface area is 194 Å². The van der Waals surface area contributed by atoms with Gasteiger partial charge in [-0.05, 0) is 69.8 Å². The summed E-state index contributed by atoms with van der Waals surface area (Å²) in [5.74, 6) is 2.56. The lowest BCUT2D eigenvalue weighted by Crippen LogP contribution is -2.41. The van der Waals surface area contributed by atoms with E-state index < -0.39 is 0 Å². The standard InChI is InChI=1S/C23H38N4O.HI/c1-19-8-4-6-15-26(19)16-7-5-14-25-23(24-2)27-17-13-21(18-27)20-9-11-22(28-3)12-10-20;/h9-12,19,21H,4-8,13-18H2,1-3H3,(H,24,25);1H. The molecule has 5 nitrogen and oxygen atoms in total. The minimum absolute atomic E-state index is 0. The van der Waals surface area contributed by atoms with Gasteiger partial charge in [-0.15, -0.1) is 24.0 Å². The second kappa shape index (κ2) is 12.6. The lowest BCUT2D eigenvalue weighted by molar-refractivity contribution is 0.158. The maximum absolute atomic E-state index is 5.27. The molecule has 0 aliphatic carbocycles. The molecule has 2 atom stereocenters. The lowest BCUT2D eigenvalue weighted by atomic mass is 9.98. The molecule has 29 heavy (non-hydrogen) atoms. The van der Waals surface area contributed by atoms with Crippen LogP contribution >= 0.6 is 24.0 Å². The summed E-state index contributed by atoms with van der Waals surface area (Å²) in [6.07, 6.45) is 7.80. The van der Waals surface area contributed by atoms with E-state index in [1.807, 2.05) is 7.05 Å². The monoisotopic (exact) mass is 514 g/mol. The fourth-order valence-electron chi connectivity index (χ4n) is 4.56. The van der Waals surface area contributed by atoms with Crippen molar-refractivity contribution in [1.29, 1.82) is 0 Å². The molecule has 164 valence electrons. The zero-order valence-electron chi connectivity index (χ0n) is 18.4. The number of unbranched alkanes of at least 4 members (excludes halogenated alkanes) is 1. The molecule has 0 aromatic heterocycles. The molecule has 6 heteroatoms. The predicted molar refractivity (Wildman–Crippen MR) is 133 cm³/mol. The number of benzene rings is 1. The number of rotatable bonds is 7. The van der Waals surface area contributed by atoms with Crippen LogP contribution in [-0.2, 0) is 0 Å². The van der Waals surface area contributed by atoms with Gasteiger partial charge in [0.25, 0.3) is 0 Å². The molecule has 2 aliphatic rings. The van der Waals surface area contributed by atoms with Gasteiger partial charge < -0.3 is 19.9 Å². The third kappa shape index (κ3) is 7.02. The van der Waals surface area contributed by atoms with Crippen LogP contribution in [0.2, 0.25) is 0 Å². The minimum Gasteiger partial charge on any atom is -0.497 e. The van der Waals surface area contributed by atoms with Crippen molar-refractivity contribution >= 4 is 29.9 Å². The Bertz CT molecular complexity index is 622. The summed E-state index contributed by atoms with van der Waals surface area (Å²) in [6, 6.07) is 9.30. The van der Waals surface area contributed by atoms with E-state index in [0.29, 0.717) is 5.92 Å². The van der Waals surface area contributed by atoms with E-state index in [9.17, 15) is 0 Å². The summed E-state index contributed by atoms with van der Waals surface area (Å²) in [7, 11) is 3.62.